The van der Waals surface area contributed by atoms with Crippen molar-refractivity contribution in [3.05, 3.63) is 330 Å². The molecule has 1 aliphatic carbocycles. The number of nitrogens with zero attached hydrogens (tertiary/aromatic N) is 1. The van der Waals surface area contributed by atoms with Crippen molar-refractivity contribution in [2.45, 2.75) is 18.3 Å². The largest absolute Gasteiger partial charge is 0.310 e. The molecule has 0 heterocycles. The minimum absolute atomic E-state index is 0.538. The summed E-state index contributed by atoms with van der Waals surface area (Å²) in [6.07, 6.45) is 1.65. The van der Waals surface area contributed by atoms with Crippen molar-refractivity contribution < 1.29 is 0 Å². The molecule has 332 valence electrons. The van der Waals surface area contributed by atoms with Crippen molar-refractivity contribution in [3.8, 4) is 44.5 Å². The predicted molar refractivity (Wildman–Crippen MR) is 293 cm³/mol. The molecule has 11 aromatic rings. The number of hydrogen-bond acceptors (Lipinski definition) is 1. The molecule has 1 nitrogen and oxygen atoms in total. The topological polar surface area (TPSA) is 3.24 Å². The van der Waals surface area contributed by atoms with Gasteiger partial charge >= 0.3 is 0 Å². The first-order valence-electron chi connectivity index (χ1n) is 24.4. The summed E-state index contributed by atoms with van der Waals surface area (Å²) in [5.41, 5.74) is 22.8. The average Bonchev–Trinajstić information content (AvgIpc) is 3.73. The summed E-state index contributed by atoms with van der Waals surface area (Å²) in [6, 6.07) is 105. The molecule has 11 aromatic carbocycles. The summed E-state index contributed by atoms with van der Waals surface area (Å²) in [7, 11) is 0. The van der Waals surface area contributed by atoms with Gasteiger partial charge < -0.3 is 4.90 Å². The predicted octanol–water partition coefficient (Wildman–Crippen LogP) is 17.7. The van der Waals surface area contributed by atoms with Crippen LogP contribution < -0.4 is 4.90 Å². The highest BCUT2D eigenvalue weighted by Gasteiger charge is 2.46. The van der Waals surface area contributed by atoms with Crippen LogP contribution in [0.4, 0.5) is 17.1 Å². The lowest BCUT2D eigenvalue weighted by molar-refractivity contribution is 0.768. The minimum atomic E-state index is -0.538. The fraction of sp³-hybridized carbons (Fsp3) is 0.0435. The summed E-state index contributed by atoms with van der Waals surface area (Å²) < 4.78 is 0. The fourth-order valence-electron chi connectivity index (χ4n) is 11.0. The second-order valence-electron chi connectivity index (χ2n) is 18.4. The zero-order chi connectivity index (χ0) is 46.7. The van der Waals surface area contributed by atoms with E-state index in [4.69, 9.17) is 0 Å². The van der Waals surface area contributed by atoms with Gasteiger partial charge in [0.25, 0.3) is 0 Å². The zero-order valence-electron chi connectivity index (χ0n) is 39.0. The summed E-state index contributed by atoms with van der Waals surface area (Å²) in [6.45, 7) is 0. The van der Waals surface area contributed by atoms with Crippen molar-refractivity contribution in [2.75, 3.05) is 4.90 Å². The van der Waals surface area contributed by atoms with Crippen LogP contribution in [0.25, 0.3) is 44.5 Å². The molecule has 0 atom stereocenters. The molecule has 0 N–H and O–H groups in total. The Balaban J connectivity index is 1.07. The van der Waals surface area contributed by atoms with Crippen LogP contribution in [0.2, 0.25) is 0 Å². The first kappa shape index (κ1) is 42.6. The highest BCUT2D eigenvalue weighted by Crippen LogP contribution is 2.57. The SMILES string of the molecule is c1ccc(Cc2ccccc2-c2ccc(N(c3cccc(-c4ccc(-c5ccccc5)cc4)c3)c3ccc4c(c3)C(c3ccccc3)(c3ccccc3)c3ccccc3-4)cc2Cc2ccccc2)cc1. The molecule has 0 spiro atoms. The van der Waals surface area contributed by atoms with Crippen molar-refractivity contribution in [1.29, 1.82) is 0 Å². The number of hydrogen-bond donors (Lipinski definition) is 0. The molecule has 1 aliphatic rings. The third-order valence-corrected chi connectivity index (χ3v) is 14.3. The van der Waals surface area contributed by atoms with Gasteiger partial charge in [-0.1, -0.05) is 249 Å². The van der Waals surface area contributed by atoms with Gasteiger partial charge in [0.15, 0.2) is 0 Å². The Bertz CT molecular complexity index is 3520. The fourth-order valence-corrected chi connectivity index (χ4v) is 11.0. The van der Waals surface area contributed by atoms with Crippen LogP contribution >= 0.6 is 0 Å². The maximum Gasteiger partial charge on any atom is 0.0714 e. The third kappa shape index (κ3) is 7.92. The first-order valence-corrected chi connectivity index (χ1v) is 24.4. The van der Waals surface area contributed by atoms with Crippen molar-refractivity contribution in [1.82, 2.24) is 0 Å². The lowest BCUT2D eigenvalue weighted by Crippen LogP contribution is -2.28. The molecular formula is C69H51N. The summed E-state index contributed by atoms with van der Waals surface area (Å²) >= 11 is 0. The van der Waals surface area contributed by atoms with Gasteiger partial charge in [-0.15, -0.1) is 0 Å². The van der Waals surface area contributed by atoms with Gasteiger partial charge in [0, 0.05) is 17.1 Å². The molecule has 0 saturated carbocycles. The normalized spacial score (nSPS) is 12.2. The smallest absolute Gasteiger partial charge is 0.0714 e. The standard InChI is InChI=1S/C69H51N/c1-6-21-50(22-7-1)45-56-27-16-17-34-63(56)64-43-41-61(48-57(64)46-51-23-8-2-9-24-51)70(60-33-20-28-55(47-60)54-39-37-53(38-40-54)52-25-10-3-11-26-52)62-42-44-66-65-35-18-19-36-67(65)69(68(66)49-62,58-29-12-4-13-30-58)59-31-14-5-15-32-59/h1-44,47-49H,45-46H2. The number of anilines is 3. The van der Waals surface area contributed by atoms with Gasteiger partial charge in [-0.2, -0.15) is 0 Å². The van der Waals surface area contributed by atoms with Crippen LogP contribution in [-0.2, 0) is 18.3 Å². The van der Waals surface area contributed by atoms with E-state index in [1.54, 1.807) is 0 Å². The molecule has 0 aliphatic heterocycles. The second kappa shape index (κ2) is 18.7. The van der Waals surface area contributed by atoms with Crippen LogP contribution in [0.3, 0.4) is 0 Å². The molecule has 0 radical (unpaired) electrons. The Morgan fingerprint density at radius 3 is 1.33 bits per heavy atom. The molecule has 1 heteroatoms. The highest BCUT2D eigenvalue weighted by atomic mass is 15.1. The quantitative estimate of drug-likeness (QED) is 0.118. The van der Waals surface area contributed by atoms with E-state index in [2.05, 4.69) is 290 Å². The van der Waals surface area contributed by atoms with Gasteiger partial charge in [-0.3, -0.25) is 0 Å². The van der Waals surface area contributed by atoms with Gasteiger partial charge in [0.1, 0.15) is 0 Å². The molecule has 0 saturated heterocycles. The maximum absolute atomic E-state index is 2.49. The monoisotopic (exact) mass is 893 g/mol. The van der Waals surface area contributed by atoms with E-state index < -0.39 is 5.41 Å². The van der Waals surface area contributed by atoms with Gasteiger partial charge in [0.2, 0.25) is 0 Å². The molecule has 0 amide bonds. The van der Waals surface area contributed by atoms with Crippen molar-refractivity contribution in [2.24, 2.45) is 0 Å². The molecule has 0 aromatic heterocycles. The third-order valence-electron chi connectivity index (χ3n) is 14.3. The number of rotatable bonds is 12. The Hall–Kier alpha value is -8.78. The van der Waals surface area contributed by atoms with Crippen LogP contribution in [0.1, 0.15) is 44.5 Å². The summed E-state index contributed by atoms with van der Waals surface area (Å²) in [4.78, 5) is 2.49. The van der Waals surface area contributed by atoms with E-state index in [-0.39, 0.29) is 0 Å². The van der Waals surface area contributed by atoms with Gasteiger partial charge in [0.05, 0.1) is 5.41 Å². The lowest BCUT2D eigenvalue weighted by Gasteiger charge is -2.35. The number of fused-ring (bicyclic) bond motifs is 3. The first-order chi connectivity index (χ1) is 34.7. The lowest BCUT2D eigenvalue weighted by atomic mass is 9.67. The van der Waals surface area contributed by atoms with Crippen LogP contribution in [0, 0.1) is 0 Å². The molecule has 0 unspecified atom stereocenters. The molecule has 70 heavy (non-hydrogen) atoms. The zero-order valence-corrected chi connectivity index (χ0v) is 39.0. The van der Waals surface area contributed by atoms with Crippen molar-refractivity contribution >= 4 is 17.1 Å². The van der Waals surface area contributed by atoms with E-state index in [1.807, 2.05) is 0 Å². The van der Waals surface area contributed by atoms with Crippen LogP contribution in [0.5, 0.6) is 0 Å². The average molecular weight is 894 g/mol. The molecule has 0 bridgehead atoms. The van der Waals surface area contributed by atoms with Crippen LogP contribution in [0.15, 0.2) is 285 Å². The maximum atomic E-state index is 2.49. The van der Waals surface area contributed by atoms with Crippen LogP contribution in [-0.4, -0.2) is 0 Å². The summed E-state index contributed by atoms with van der Waals surface area (Å²) in [5, 5.41) is 0. The molecule has 12 rings (SSSR count). The molecular weight excluding hydrogens is 843 g/mol. The van der Waals surface area contributed by atoms with Crippen molar-refractivity contribution in [3.63, 3.8) is 0 Å². The molecule has 0 fully saturated rings. The Labute approximate surface area is 412 Å². The Morgan fingerprint density at radius 1 is 0.257 bits per heavy atom. The van der Waals surface area contributed by atoms with E-state index in [0.29, 0.717) is 0 Å². The Morgan fingerprint density at radius 2 is 0.686 bits per heavy atom. The second-order valence-corrected chi connectivity index (χ2v) is 18.4. The highest BCUT2D eigenvalue weighted by molar-refractivity contribution is 5.90. The van der Waals surface area contributed by atoms with E-state index in [9.17, 15) is 0 Å². The minimum Gasteiger partial charge on any atom is -0.310 e. The number of benzene rings is 11. The summed E-state index contributed by atoms with van der Waals surface area (Å²) in [5.74, 6) is 0. The van der Waals surface area contributed by atoms with E-state index in [0.717, 1.165) is 35.5 Å². The van der Waals surface area contributed by atoms with E-state index >= 15 is 0 Å². The van der Waals surface area contributed by atoms with Gasteiger partial charge in [-0.05, 0) is 138 Å². The van der Waals surface area contributed by atoms with E-state index in [1.165, 1.54) is 83.5 Å². The van der Waals surface area contributed by atoms with Gasteiger partial charge in [-0.25, -0.2) is 0 Å². The Kier molecular flexibility index (Phi) is 11.4.